The van der Waals surface area contributed by atoms with E-state index in [4.69, 9.17) is 5.73 Å². The lowest BCUT2D eigenvalue weighted by molar-refractivity contribution is 0.638. The minimum atomic E-state index is 0.578. The topological polar surface area (TPSA) is 29.3 Å². The molecule has 3 heteroatoms. The van der Waals surface area contributed by atoms with Crippen molar-refractivity contribution < 1.29 is 0 Å². The molecule has 2 N–H and O–H groups in total. The van der Waals surface area contributed by atoms with E-state index < -0.39 is 0 Å². The van der Waals surface area contributed by atoms with Gasteiger partial charge < -0.3 is 10.6 Å². The molecule has 0 aliphatic heterocycles. The molecule has 0 aromatic heterocycles. The molecule has 15 heavy (non-hydrogen) atoms. The predicted octanol–water partition coefficient (Wildman–Crippen LogP) is 3.00. The van der Waals surface area contributed by atoms with Crippen LogP contribution in [-0.2, 0) is 6.54 Å². The van der Waals surface area contributed by atoms with Gasteiger partial charge in [0.2, 0.25) is 0 Å². The summed E-state index contributed by atoms with van der Waals surface area (Å²) in [5.74, 6) is 0.669. The summed E-state index contributed by atoms with van der Waals surface area (Å²) in [5.41, 5.74) is 7.99. The van der Waals surface area contributed by atoms with Crippen LogP contribution in [0.15, 0.2) is 22.7 Å². The fourth-order valence-corrected chi connectivity index (χ4v) is 2.12. The Kier molecular flexibility index (Phi) is 4.61. The molecule has 0 fully saturated rings. The molecular formula is C12H19BrN2. The monoisotopic (exact) mass is 270 g/mol. The SMILES string of the molecule is CC(C)CN(C)c1ccc(CN)c(Br)c1. The van der Waals surface area contributed by atoms with E-state index in [0.717, 1.165) is 16.6 Å². The molecule has 2 nitrogen and oxygen atoms in total. The Labute approximate surface area is 101 Å². The fourth-order valence-electron chi connectivity index (χ4n) is 1.59. The number of hydrogen-bond donors (Lipinski definition) is 1. The van der Waals surface area contributed by atoms with E-state index in [1.165, 1.54) is 5.69 Å². The molecule has 0 aliphatic rings. The van der Waals surface area contributed by atoms with Gasteiger partial charge in [0.05, 0.1) is 0 Å². The van der Waals surface area contributed by atoms with E-state index in [0.29, 0.717) is 12.5 Å². The van der Waals surface area contributed by atoms with Gasteiger partial charge in [-0.05, 0) is 23.6 Å². The van der Waals surface area contributed by atoms with Crippen molar-refractivity contribution in [3.63, 3.8) is 0 Å². The van der Waals surface area contributed by atoms with Gasteiger partial charge in [-0.1, -0.05) is 35.8 Å². The third-order valence-electron chi connectivity index (χ3n) is 2.34. The van der Waals surface area contributed by atoms with Crippen molar-refractivity contribution in [2.75, 3.05) is 18.5 Å². The minimum absolute atomic E-state index is 0.578. The molecule has 1 aromatic carbocycles. The molecule has 0 bridgehead atoms. The standard InChI is InChI=1S/C12H19BrN2/c1-9(2)8-15(3)11-5-4-10(7-14)12(13)6-11/h4-6,9H,7-8,14H2,1-3H3. The van der Waals surface area contributed by atoms with Crippen LogP contribution in [0.5, 0.6) is 0 Å². The maximum absolute atomic E-state index is 5.61. The van der Waals surface area contributed by atoms with E-state index in [1.54, 1.807) is 0 Å². The van der Waals surface area contributed by atoms with Gasteiger partial charge in [0, 0.05) is 30.3 Å². The quantitative estimate of drug-likeness (QED) is 0.912. The molecule has 0 atom stereocenters. The van der Waals surface area contributed by atoms with Gasteiger partial charge in [0.1, 0.15) is 0 Å². The van der Waals surface area contributed by atoms with E-state index in [-0.39, 0.29) is 0 Å². The smallest absolute Gasteiger partial charge is 0.0375 e. The van der Waals surface area contributed by atoms with Crippen LogP contribution in [0, 0.1) is 5.92 Å². The summed E-state index contributed by atoms with van der Waals surface area (Å²) >= 11 is 3.54. The van der Waals surface area contributed by atoms with Gasteiger partial charge in [-0.3, -0.25) is 0 Å². The lowest BCUT2D eigenvalue weighted by Gasteiger charge is -2.22. The highest BCUT2D eigenvalue weighted by Gasteiger charge is 2.05. The molecule has 1 aromatic rings. The van der Waals surface area contributed by atoms with Gasteiger partial charge in [-0.25, -0.2) is 0 Å². The summed E-state index contributed by atoms with van der Waals surface area (Å²) in [6, 6.07) is 6.33. The zero-order valence-corrected chi connectivity index (χ0v) is 11.2. The normalized spacial score (nSPS) is 10.8. The van der Waals surface area contributed by atoms with Crippen LogP contribution < -0.4 is 10.6 Å². The number of hydrogen-bond acceptors (Lipinski definition) is 2. The van der Waals surface area contributed by atoms with Gasteiger partial charge in [0.15, 0.2) is 0 Å². The highest BCUT2D eigenvalue weighted by molar-refractivity contribution is 9.10. The van der Waals surface area contributed by atoms with Crippen molar-refractivity contribution in [2.24, 2.45) is 11.7 Å². The third-order valence-corrected chi connectivity index (χ3v) is 3.07. The largest absolute Gasteiger partial charge is 0.374 e. The second kappa shape index (κ2) is 5.52. The Balaban J connectivity index is 2.82. The van der Waals surface area contributed by atoms with Crippen LogP contribution in [0.2, 0.25) is 0 Å². The third kappa shape index (κ3) is 3.50. The molecule has 0 spiro atoms. The molecule has 84 valence electrons. The second-order valence-corrected chi connectivity index (χ2v) is 5.11. The first-order valence-corrected chi connectivity index (χ1v) is 6.03. The Morgan fingerprint density at radius 2 is 2.07 bits per heavy atom. The van der Waals surface area contributed by atoms with E-state index in [9.17, 15) is 0 Å². The molecule has 0 saturated carbocycles. The Morgan fingerprint density at radius 3 is 2.53 bits per heavy atom. The average Bonchev–Trinajstić information content (AvgIpc) is 2.16. The summed E-state index contributed by atoms with van der Waals surface area (Å²) in [7, 11) is 2.11. The summed E-state index contributed by atoms with van der Waals surface area (Å²) < 4.78 is 1.10. The summed E-state index contributed by atoms with van der Waals surface area (Å²) in [6.45, 7) is 6.09. The van der Waals surface area contributed by atoms with Gasteiger partial charge in [0.25, 0.3) is 0 Å². The van der Waals surface area contributed by atoms with Crippen LogP contribution in [-0.4, -0.2) is 13.6 Å². The first-order valence-electron chi connectivity index (χ1n) is 5.24. The number of anilines is 1. The van der Waals surface area contributed by atoms with Gasteiger partial charge >= 0.3 is 0 Å². The second-order valence-electron chi connectivity index (χ2n) is 4.25. The molecule has 0 radical (unpaired) electrons. The zero-order valence-electron chi connectivity index (χ0n) is 9.63. The van der Waals surface area contributed by atoms with Crippen LogP contribution in [0.1, 0.15) is 19.4 Å². The van der Waals surface area contributed by atoms with Crippen molar-refractivity contribution >= 4 is 21.6 Å². The summed E-state index contributed by atoms with van der Waals surface area (Å²) in [6.07, 6.45) is 0. The molecule has 0 saturated heterocycles. The highest BCUT2D eigenvalue weighted by atomic mass is 79.9. The maximum atomic E-state index is 5.61. The molecule has 1 rings (SSSR count). The lowest BCUT2D eigenvalue weighted by atomic mass is 10.1. The van der Waals surface area contributed by atoms with Crippen LogP contribution >= 0.6 is 15.9 Å². The first kappa shape index (κ1) is 12.5. The van der Waals surface area contributed by atoms with Crippen LogP contribution in [0.4, 0.5) is 5.69 Å². The Hall–Kier alpha value is -0.540. The Bertz CT molecular complexity index is 323. The molecule has 0 amide bonds. The van der Waals surface area contributed by atoms with Crippen molar-refractivity contribution in [3.8, 4) is 0 Å². The van der Waals surface area contributed by atoms with E-state index >= 15 is 0 Å². The first-order chi connectivity index (χ1) is 7.04. The Morgan fingerprint density at radius 1 is 1.40 bits per heavy atom. The van der Waals surface area contributed by atoms with Crippen LogP contribution in [0.3, 0.4) is 0 Å². The average molecular weight is 271 g/mol. The van der Waals surface area contributed by atoms with Crippen molar-refractivity contribution in [1.29, 1.82) is 0 Å². The van der Waals surface area contributed by atoms with Crippen molar-refractivity contribution in [2.45, 2.75) is 20.4 Å². The molecule has 0 unspecified atom stereocenters. The van der Waals surface area contributed by atoms with Gasteiger partial charge in [-0.2, -0.15) is 0 Å². The molecule has 0 heterocycles. The zero-order chi connectivity index (χ0) is 11.4. The summed E-state index contributed by atoms with van der Waals surface area (Å²) in [5, 5.41) is 0. The lowest BCUT2D eigenvalue weighted by Crippen LogP contribution is -2.22. The van der Waals surface area contributed by atoms with Gasteiger partial charge in [-0.15, -0.1) is 0 Å². The van der Waals surface area contributed by atoms with E-state index in [2.05, 4.69) is 59.9 Å². The number of nitrogens with two attached hydrogens (primary N) is 1. The molecule has 0 aliphatic carbocycles. The predicted molar refractivity (Wildman–Crippen MR) is 70.1 cm³/mol. The van der Waals surface area contributed by atoms with Crippen LogP contribution in [0.25, 0.3) is 0 Å². The number of rotatable bonds is 4. The van der Waals surface area contributed by atoms with E-state index in [1.807, 2.05) is 0 Å². The highest BCUT2D eigenvalue weighted by Crippen LogP contribution is 2.23. The fraction of sp³-hybridized carbons (Fsp3) is 0.500. The maximum Gasteiger partial charge on any atom is 0.0375 e. The number of benzene rings is 1. The van der Waals surface area contributed by atoms with Crippen molar-refractivity contribution in [1.82, 2.24) is 0 Å². The molecular weight excluding hydrogens is 252 g/mol. The number of nitrogens with zero attached hydrogens (tertiary/aromatic N) is 1. The number of halogens is 1. The van der Waals surface area contributed by atoms with Crippen molar-refractivity contribution in [3.05, 3.63) is 28.2 Å². The summed E-state index contributed by atoms with van der Waals surface area (Å²) in [4.78, 5) is 2.26. The minimum Gasteiger partial charge on any atom is -0.374 e.